The molecule has 5 fully saturated rings. The second-order valence-electron chi connectivity index (χ2n) is 14.1. The van der Waals surface area contributed by atoms with Gasteiger partial charge in [-0.15, -0.1) is 0 Å². The van der Waals surface area contributed by atoms with Gasteiger partial charge in [0.05, 0.1) is 29.5 Å². The second kappa shape index (κ2) is 11.1. The van der Waals surface area contributed by atoms with E-state index in [2.05, 4.69) is 17.5 Å². The number of methoxy groups -OCH3 is 1. The number of nitrogens with zero attached hydrogens (tertiary/aromatic N) is 1. The first-order valence-corrected chi connectivity index (χ1v) is 15.8. The van der Waals surface area contributed by atoms with Crippen LogP contribution in [0.5, 0.6) is 0 Å². The van der Waals surface area contributed by atoms with Gasteiger partial charge in [-0.3, -0.25) is 0 Å². The number of aliphatic hydroxyl groups is 3. The van der Waals surface area contributed by atoms with Crippen molar-refractivity contribution in [1.29, 1.82) is 0 Å². The molecule has 4 aliphatic carbocycles. The Kier molecular flexibility index (Phi) is 7.95. The Bertz CT molecular complexity index is 1180. The molecule has 0 radical (unpaired) electrons. The predicted molar refractivity (Wildman–Crippen MR) is 153 cm³/mol. The standard InChI is InChI=1S/C31H47N3O9/c1-17-26(36)23(40-3)13-25(42-17)43-19-4-9-29(16-33-34-27(32)37)21-5-8-28(2)20(18-12-24(35)41-15-18)7-11-31(28,39)22(21)6-10-30(29,38)14-19/h12,16-17,19-23,25-26,36,38-39H,4-11,13-15H2,1-3H3,(H3,32,34,37)/b33-16+/t17?,19?,20-,21-,22?,23?,25?,26?,28+,29-,30?,31?/m0/s1. The molecule has 0 bridgehead atoms. The van der Waals surface area contributed by atoms with Gasteiger partial charge in [0.2, 0.25) is 0 Å². The fraction of sp³-hybridized carbons (Fsp3) is 0.839. The van der Waals surface area contributed by atoms with Crippen molar-refractivity contribution in [2.45, 2.75) is 120 Å². The number of primary amides is 1. The van der Waals surface area contributed by atoms with Crippen molar-refractivity contribution in [1.82, 2.24) is 5.43 Å². The summed E-state index contributed by atoms with van der Waals surface area (Å²) in [7, 11) is 1.56. The third kappa shape index (κ3) is 4.84. The number of hydrogen-bond donors (Lipinski definition) is 5. The summed E-state index contributed by atoms with van der Waals surface area (Å²) in [6.07, 6.45) is 6.66. The maximum Gasteiger partial charge on any atom is 0.332 e. The fourth-order valence-electron chi connectivity index (χ4n) is 10.2. The number of nitrogens with one attached hydrogen (secondary N) is 1. The Morgan fingerprint density at radius 2 is 1.93 bits per heavy atom. The SMILES string of the molecule is COC1CC(OC2CC[C@]3(/C=N/NC(N)=O)[C@H]4CC[C@]5(C)[C@H](C6=CC(=O)OC6)CCC5(O)C4CCC3(O)C2)OC(C)C1O. The number of cyclic esters (lactones) is 1. The lowest BCUT2D eigenvalue weighted by Crippen LogP contribution is -2.69. The molecule has 6 N–H and O–H groups in total. The van der Waals surface area contributed by atoms with Crippen LogP contribution in [-0.4, -0.2) is 89.2 Å². The van der Waals surface area contributed by atoms with Crippen molar-refractivity contribution in [3.63, 3.8) is 0 Å². The van der Waals surface area contributed by atoms with E-state index in [-0.39, 0.29) is 36.4 Å². The van der Waals surface area contributed by atoms with Gasteiger partial charge in [0.25, 0.3) is 0 Å². The maximum absolute atomic E-state index is 12.6. The second-order valence-corrected chi connectivity index (χ2v) is 14.1. The summed E-state index contributed by atoms with van der Waals surface area (Å²) in [5, 5.41) is 39.7. The average molecular weight is 606 g/mol. The molecule has 12 nitrogen and oxygen atoms in total. The Hall–Kier alpha value is -2.09. The lowest BCUT2D eigenvalue weighted by atomic mass is 9.41. The van der Waals surface area contributed by atoms with Crippen molar-refractivity contribution in [2.75, 3.05) is 13.7 Å². The molecule has 0 aromatic heterocycles. The highest BCUT2D eigenvalue weighted by molar-refractivity contribution is 5.85. The number of aliphatic hydroxyl groups excluding tert-OH is 1. The minimum Gasteiger partial charge on any atom is -0.458 e. The molecule has 240 valence electrons. The van der Waals surface area contributed by atoms with Crippen LogP contribution in [0.1, 0.15) is 78.1 Å². The van der Waals surface area contributed by atoms with E-state index < -0.39 is 52.7 Å². The summed E-state index contributed by atoms with van der Waals surface area (Å²) in [5.41, 5.74) is 5.22. The van der Waals surface area contributed by atoms with E-state index in [9.17, 15) is 24.9 Å². The normalized spacial score (nSPS) is 49.5. The van der Waals surface area contributed by atoms with Crippen LogP contribution in [0, 0.1) is 28.6 Å². The molecule has 6 rings (SSSR count). The Morgan fingerprint density at radius 1 is 1.16 bits per heavy atom. The summed E-state index contributed by atoms with van der Waals surface area (Å²) in [4.78, 5) is 23.5. The molecule has 1 saturated heterocycles. The minimum absolute atomic E-state index is 0.0586. The lowest BCUT2D eigenvalue weighted by molar-refractivity contribution is -0.284. The molecule has 2 aliphatic heterocycles. The average Bonchev–Trinajstić information content (AvgIpc) is 3.50. The number of esters is 1. The number of carbonyl (C=O) groups is 2. The van der Waals surface area contributed by atoms with Gasteiger partial charge >= 0.3 is 12.0 Å². The van der Waals surface area contributed by atoms with Gasteiger partial charge in [0.1, 0.15) is 12.7 Å². The predicted octanol–water partition coefficient (Wildman–Crippen LogP) is 1.89. The van der Waals surface area contributed by atoms with Crippen molar-refractivity contribution >= 4 is 18.2 Å². The molecular formula is C31H47N3O9. The molecule has 4 saturated carbocycles. The number of nitrogens with two attached hydrogens (primary N) is 1. The third-order valence-corrected chi connectivity index (χ3v) is 12.4. The van der Waals surface area contributed by atoms with Crippen LogP contribution in [0.4, 0.5) is 4.79 Å². The quantitative estimate of drug-likeness (QED) is 0.131. The van der Waals surface area contributed by atoms with Crippen LogP contribution in [0.25, 0.3) is 0 Å². The van der Waals surface area contributed by atoms with E-state index in [1.165, 1.54) is 0 Å². The summed E-state index contributed by atoms with van der Waals surface area (Å²) in [6.45, 7) is 4.23. The molecule has 2 heterocycles. The summed E-state index contributed by atoms with van der Waals surface area (Å²) in [5.74, 6) is -0.442. The molecule has 12 atom stereocenters. The molecular weight excluding hydrogens is 558 g/mol. The van der Waals surface area contributed by atoms with Gasteiger partial charge in [-0.1, -0.05) is 6.92 Å². The largest absolute Gasteiger partial charge is 0.458 e. The molecule has 6 aliphatic rings. The molecule has 8 unspecified atom stereocenters. The Morgan fingerprint density at radius 3 is 2.63 bits per heavy atom. The van der Waals surface area contributed by atoms with Crippen LogP contribution in [0.15, 0.2) is 16.8 Å². The van der Waals surface area contributed by atoms with Gasteiger partial charge in [-0.05, 0) is 81.6 Å². The number of amides is 2. The van der Waals surface area contributed by atoms with Gasteiger partial charge < -0.3 is 40.0 Å². The molecule has 0 aromatic rings. The lowest BCUT2D eigenvalue weighted by Gasteiger charge is -2.66. The monoisotopic (exact) mass is 605 g/mol. The highest BCUT2D eigenvalue weighted by atomic mass is 16.7. The van der Waals surface area contributed by atoms with Crippen LogP contribution in [0.2, 0.25) is 0 Å². The number of ether oxygens (including phenoxy) is 4. The molecule has 2 amide bonds. The van der Waals surface area contributed by atoms with Gasteiger partial charge in [-0.25, -0.2) is 15.0 Å². The fourth-order valence-corrected chi connectivity index (χ4v) is 10.2. The topological polar surface area (TPSA) is 182 Å². The van der Waals surface area contributed by atoms with E-state index in [0.29, 0.717) is 44.9 Å². The highest BCUT2D eigenvalue weighted by Gasteiger charge is 2.71. The zero-order chi connectivity index (χ0) is 30.8. The summed E-state index contributed by atoms with van der Waals surface area (Å²) in [6, 6.07) is -0.783. The number of carbonyl (C=O) groups excluding carboxylic acids is 2. The Balaban J connectivity index is 1.27. The first kappa shape index (κ1) is 30.9. The maximum atomic E-state index is 12.6. The summed E-state index contributed by atoms with van der Waals surface area (Å²) < 4.78 is 23.1. The third-order valence-electron chi connectivity index (χ3n) is 12.4. The number of rotatable bonds is 6. The Labute approximate surface area is 252 Å². The van der Waals surface area contributed by atoms with E-state index in [1.807, 2.05) is 0 Å². The smallest absolute Gasteiger partial charge is 0.332 e. The zero-order valence-electron chi connectivity index (χ0n) is 25.4. The van der Waals surface area contributed by atoms with Gasteiger partial charge in [-0.2, -0.15) is 5.10 Å². The minimum atomic E-state index is -1.20. The molecule has 12 heteroatoms. The number of fused-ring (bicyclic) bond motifs is 5. The zero-order valence-corrected chi connectivity index (χ0v) is 25.4. The molecule has 43 heavy (non-hydrogen) atoms. The highest BCUT2D eigenvalue weighted by Crippen LogP contribution is 2.70. The summed E-state index contributed by atoms with van der Waals surface area (Å²) >= 11 is 0. The van der Waals surface area contributed by atoms with Gasteiger partial charge in [0, 0.05) is 43.1 Å². The van der Waals surface area contributed by atoms with E-state index in [1.54, 1.807) is 26.3 Å². The van der Waals surface area contributed by atoms with Crippen molar-refractivity contribution in [2.24, 2.45) is 39.4 Å². The van der Waals surface area contributed by atoms with Gasteiger partial charge in [0.15, 0.2) is 6.29 Å². The van der Waals surface area contributed by atoms with Crippen molar-refractivity contribution in [3.8, 4) is 0 Å². The van der Waals surface area contributed by atoms with Crippen LogP contribution in [0.3, 0.4) is 0 Å². The van der Waals surface area contributed by atoms with Crippen LogP contribution >= 0.6 is 0 Å². The first-order valence-electron chi connectivity index (χ1n) is 15.8. The number of hydrogen-bond acceptors (Lipinski definition) is 10. The van der Waals surface area contributed by atoms with Crippen LogP contribution < -0.4 is 11.2 Å². The number of urea groups is 1. The van der Waals surface area contributed by atoms with Crippen molar-refractivity contribution < 1.29 is 43.9 Å². The van der Waals surface area contributed by atoms with E-state index in [0.717, 1.165) is 24.8 Å². The van der Waals surface area contributed by atoms with Crippen LogP contribution in [-0.2, 0) is 23.7 Å². The van der Waals surface area contributed by atoms with Crippen molar-refractivity contribution in [3.05, 3.63) is 11.6 Å². The van der Waals surface area contributed by atoms with E-state index >= 15 is 0 Å². The molecule has 0 aromatic carbocycles. The first-order chi connectivity index (χ1) is 20.4. The van der Waals surface area contributed by atoms with E-state index in [4.69, 9.17) is 24.7 Å². The molecule has 0 spiro atoms. The number of hydrazone groups is 1.